The minimum Gasteiger partial charge on any atom is -0.489 e. The maximum absolute atomic E-state index is 12.1. The molecule has 0 bridgehead atoms. The molecule has 46 heavy (non-hydrogen) atoms. The summed E-state index contributed by atoms with van der Waals surface area (Å²) in [6.45, 7) is 1.86. The van der Waals surface area contributed by atoms with Crippen LogP contribution in [0.2, 0.25) is 0 Å². The molecule has 10 heteroatoms. The van der Waals surface area contributed by atoms with E-state index in [2.05, 4.69) is 0 Å². The molecule has 0 fully saturated rings. The highest BCUT2D eigenvalue weighted by molar-refractivity contribution is 6.30. The summed E-state index contributed by atoms with van der Waals surface area (Å²) in [6, 6.07) is 33.3. The number of ether oxygens (including phenoxy) is 6. The lowest BCUT2D eigenvalue weighted by Gasteiger charge is -2.13. The summed E-state index contributed by atoms with van der Waals surface area (Å²) in [6.07, 6.45) is -0.736. The Morgan fingerprint density at radius 3 is 1.33 bits per heavy atom. The normalized spacial score (nSPS) is 11.1. The van der Waals surface area contributed by atoms with Gasteiger partial charge in [0, 0.05) is 6.42 Å². The van der Waals surface area contributed by atoms with Gasteiger partial charge in [0.1, 0.15) is 44.0 Å². The van der Waals surface area contributed by atoms with Gasteiger partial charge in [-0.15, -0.1) is 0 Å². The molecule has 0 aliphatic rings. The molecule has 238 valence electrons. The Bertz CT molecular complexity index is 1550. The van der Waals surface area contributed by atoms with Crippen molar-refractivity contribution in [1.82, 2.24) is 0 Å². The highest BCUT2D eigenvalue weighted by Gasteiger charge is 2.22. The summed E-state index contributed by atoms with van der Waals surface area (Å²) in [5.74, 6) is -3.38. The van der Waals surface area contributed by atoms with Gasteiger partial charge in [-0.3, -0.25) is 0 Å². The Hall–Kier alpha value is -5.64. The summed E-state index contributed by atoms with van der Waals surface area (Å²) in [4.78, 5) is 48.2. The molecule has 0 aliphatic carbocycles. The van der Waals surface area contributed by atoms with Crippen LogP contribution in [0.15, 0.2) is 109 Å². The predicted octanol–water partition coefficient (Wildman–Crippen LogP) is 5.50. The van der Waals surface area contributed by atoms with E-state index < -0.39 is 30.0 Å². The molecule has 0 aliphatic heterocycles. The van der Waals surface area contributed by atoms with Crippen LogP contribution in [0, 0.1) is 0 Å². The van der Waals surface area contributed by atoms with Gasteiger partial charge in [-0.2, -0.15) is 0 Å². The Morgan fingerprint density at radius 2 is 0.870 bits per heavy atom. The Labute approximate surface area is 266 Å². The average Bonchev–Trinajstić information content (AvgIpc) is 3.09. The van der Waals surface area contributed by atoms with E-state index in [9.17, 15) is 19.2 Å². The maximum atomic E-state index is 12.1. The summed E-state index contributed by atoms with van der Waals surface area (Å²) < 4.78 is 31.4. The molecular weight excluding hydrogens is 592 g/mol. The van der Waals surface area contributed by atoms with Gasteiger partial charge in [0.15, 0.2) is 0 Å². The van der Waals surface area contributed by atoms with Crippen molar-refractivity contribution in [3.63, 3.8) is 0 Å². The smallest absolute Gasteiger partial charge is 0.417 e. The van der Waals surface area contributed by atoms with E-state index in [-0.39, 0.29) is 26.2 Å². The Balaban J connectivity index is 1.07. The monoisotopic (exact) mass is 626 g/mol. The van der Waals surface area contributed by atoms with Gasteiger partial charge in [-0.1, -0.05) is 84.9 Å². The standard InChI is InChI=1S/C36H34O10/c1-26(46-36(40)35(39)45-25-30-14-18-32(19-15-30)43-23-28-10-6-3-7-11-28)20-21-41-33(37)34(38)44-24-29-12-16-31(17-13-29)42-22-27-8-4-2-5-9-27/h2-19,26H,20-25H2,1H3. The van der Waals surface area contributed by atoms with Gasteiger partial charge in [-0.25, -0.2) is 19.2 Å². The third-order valence-electron chi connectivity index (χ3n) is 6.48. The number of carbonyl (C=O) groups excluding carboxylic acids is 4. The lowest BCUT2D eigenvalue weighted by Crippen LogP contribution is -2.26. The van der Waals surface area contributed by atoms with Crippen LogP contribution in [0.3, 0.4) is 0 Å². The highest BCUT2D eigenvalue weighted by atomic mass is 16.6. The van der Waals surface area contributed by atoms with E-state index in [0.29, 0.717) is 35.8 Å². The van der Waals surface area contributed by atoms with Crippen molar-refractivity contribution in [2.24, 2.45) is 0 Å². The molecule has 4 aromatic rings. The second-order valence-electron chi connectivity index (χ2n) is 10.1. The molecule has 4 aromatic carbocycles. The van der Waals surface area contributed by atoms with E-state index in [1.54, 1.807) is 48.5 Å². The number of hydrogen-bond acceptors (Lipinski definition) is 10. The SMILES string of the molecule is CC(CCOC(=O)C(=O)OCc1ccc(OCc2ccccc2)cc1)OC(=O)C(=O)OCc1ccc(OCc2ccccc2)cc1. The third-order valence-corrected chi connectivity index (χ3v) is 6.48. The van der Waals surface area contributed by atoms with Crippen molar-refractivity contribution in [3.8, 4) is 11.5 Å². The zero-order valence-electron chi connectivity index (χ0n) is 25.3. The van der Waals surface area contributed by atoms with Crippen molar-refractivity contribution in [2.75, 3.05) is 6.61 Å². The van der Waals surface area contributed by atoms with Crippen molar-refractivity contribution >= 4 is 23.9 Å². The summed E-state index contributed by atoms with van der Waals surface area (Å²) >= 11 is 0. The van der Waals surface area contributed by atoms with Crippen LogP contribution in [-0.4, -0.2) is 36.6 Å². The average molecular weight is 627 g/mol. The zero-order chi connectivity index (χ0) is 32.6. The van der Waals surface area contributed by atoms with Gasteiger partial charge >= 0.3 is 23.9 Å². The van der Waals surface area contributed by atoms with Gasteiger partial charge in [-0.05, 0) is 53.4 Å². The highest BCUT2D eigenvalue weighted by Crippen LogP contribution is 2.16. The topological polar surface area (TPSA) is 124 Å². The van der Waals surface area contributed by atoms with Crippen LogP contribution < -0.4 is 9.47 Å². The van der Waals surface area contributed by atoms with E-state index in [1.807, 2.05) is 60.7 Å². The Morgan fingerprint density at radius 1 is 0.478 bits per heavy atom. The molecule has 10 nitrogen and oxygen atoms in total. The van der Waals surface area contributed by atoms with Crippen LogP contribution in [0.5, 0.6) is 11.5 Å². The minimum absolute atomic E-state index is 0.0485. The third kappa shape index (κ3) is 11.5. The second kappa shape index (κ2) is 17.6. The van der Waals surface area contributed by atoms with Gasteiger partial charge in [0.05, 0.1) is 6.61 Å². The maximum Gasteiger partial charge on any atom is 0.417 e. The van der Waals surface area contributed by atoms with Crippen LogP contribution >= 0.6 is 0 Å². The van der Waals surface area contributed by atoms with E-state index in [1.165, 1.54) is 6.92 Å². The first-order chi connectivity index (χ1) is 22.4. The molecule has 0 radical (unpaired) electrons. The van der Waals surface area contributed by atoms with E-state index in [4.69, 9.17) is 28.4 Å². The first-order valence-corrected chi connectivity index (χ1v) is 14.6. The summed E-state index contributed by atoms with van der Waals surface area (Å²) in [5.41, 5.74) is 3.39. The summed E-state index contributed by atoms with van der Waals surface area (Å²) in [7, 11) is 0. The molecule has 1 unspecified atom stereocenters. The lowest BCUT2D eigenvalue weighted by molar-refractivity contribution is -0.173. The van der Waals surface area contributed by atoms with Crippen LogP contribution in [-0.2, 0) is 64.6 Å². The molecule has 4 rings (SSSR count). The molecule has 0 spiro atoms. The molecule has 0 saturated carbocycles. The Kier molecular flexibility index (Phi) is 12.7. The van der Waals surface area contributed by atoms with Crippen molar-refractivity contribution in [3.05, 3.63) is 131 Å². The first-order valence-electron chi connectivity index (χ1n) is 14.6. The fourth-order valence-corrected chi connectivity index (χ4v) is 3.93. The fourth-order valence-electron chi connectivity index (χ4n) is 3.93. The fraction of sp³-hybridized carbons (Fsp3) is 0.222. The molecular formula is C36H34O10. The lowest BCUT2D eigenvalue weighted by atomic mass is 10.2. The number of rotatable bonds is 14. The van der Waals surface area contributed by atoms with Crippen LogP contribution in [0.1, 0.15) is 35.6 Å². The van der Waals surface area contributed by atoms with Crippen LogP contribution in [0.4, 0.5) is 0 Å². The van der Waals surface area contributed by atoms with Crippen molar-refractivity contribution in [1.29, 1.82) is 0 Å². The van der Waals surface area contributed by atoms with Gasteiger partial charge in [0.25, 0.3) is 0 Å². The first kappa shape index (κ1) is 33.3. The van der Waals surface area contributed by atoms with Crippen LogP contribution in [0.25, 0.3) is 0 Å². The second-order valence-corrected chi connectivity index (χ2v) is 10.1. The number of hydrogen-bond donors (Lipinski definition) is 0. The number of benzene rings is 4. The summed E-state index contributed by atoms with van der Waals surface area (Å²) in [5, 5.41) is 0. The number of esters is 4. The molecule has 0 heterocycles. The van der Waals surface area contributed by atoms with Crippen molar-refractivity contribution in [2.45, 2.75) is 45.9 Å². The van der Waals surface area contributed by atoms with Crippen molar-refractivity contribution < 1.29 is 47.6 Å². The quantitative estimate of drug-likeness (QED) is 0.101. The predicted molar refractivity (Wildman–Crippen MR) is 165 cm³/mol. The molecule has 0 N–H and O–H groups in total. The largest absolute Gasteiger partial charge is 0.489 e. The molecule has 0 aromatic heterocycles. The minimum atomic E-state index is -1.18. The molecule has 1 atom stereocenters. The van der Waals surface area contributed by atoms with E-state index >= 15 is 0 Å². The molecule has 0 saturated heterocycles. The number of carbonyl (C=O) groups is 4. The zero-order valence-corrected chi connectivity index (χ0v) is 25.3. The van der Waals surface area contributed by atoms with E-state index in [0.717, 1.165) is 11.1 Å². The van der Waals surface area contributed by atoms with Gasteiger partial charge < -0.3 is 28.4 Å². The van der Waals surface area contributed by atoms with Gasteiger partial charge in [0.2, 0.25) is 0 Å². The molecule has 0 amide bonds.